The number of para-hydroxylation sites is 2. The van der Waals surface area contributed by atoms with Crippen LogP contribution in [-0.4, -0.2) is 22.4 Å². The summed E-state index contributed by atoms with van der Waals surface area (Å²) in [4.78, 5) is 29.0. The molecule has 5 nitrogen and oxygen atoms in total. The van der Waals surface area contributed by atoms with E-state index in [2.05, 4.69) is 4.98 Å². The first-order valence-electron chi connectivity index (χ1n) is 6.81. The number of ether oxygens (including phenoxy) is 1. The number of hydrogen-bond donors (Lipinski definition) is 0. The maximum atomic E-state index is 12.4. The van der Waals surface area contributed by atoms with Crippen molar-refractivity contribution in [2.75, 3.05) is 7.11 Å². The molecule has 0 aliphatic heterocycles. The van der Waals surface area contributed by atoms with Crippen molar-refractivity contribution in [2.24, 2.45) is 0 Å². The fourth-order valence-corrected chi connectivity index (χ4v) is 2.33. The van der Waals surface area contributed by atoms with Gasteiger partial charge in [-0.3, -0.25) is 14.2 Å². The Hall–Kier alpha value is -2.95. The number of ketones is 1. The van der Waals surface area contributed by atoms with Gasteiger partial charge in [0.1, 0.15) is 5.75 Å². The zero-order valence-electron chi connectivity index (χ0n) is 12.0. The molecule has 0 unspecified atom stereocenters. The minimum atomic E-state index is -0.228. The molecule has 0 saturated carbocycles. The molecular weight excluding hydrogens is 280 g/mol. The number of nitrogens with zero attached hydrogens (tertiary/aromatic N) is 2. The van der Waals surface area contributed by atoms with E-state index in [1.54, 1.807) is 42.5 Å². The van der Waals surface area contributed by atoms with Crippen LogP contribution in [0, 0.1) is 0 Å². The molecule has 0 N–H and O–H groups in total. The van der Waals surface area contributed by atoms with Crippen LogP contribution in [0.5, 0.6) is 5.75 Å². The van der Waals surface area contributed by atoms with Crippen LogP contribution >= 0.6 is 0 Å². The second-order valence-corrected chi connectivity index (χ2v) is 4.82. The molecule has 0 amide bonds. The first kappa shape index (κ1) is 14.0. The van der Waals surface area contributed by atoms with E-state index in [0.717, 1.165) is 0 Å². The van der Waals surface area contributed by atoms with Crippen molar-refractivity contribution in [1.29, 1.82) is 0 Å². The number of aromatic nitrogens is 2. The highest BCUT2D eigenvalue weighted by Gasteiger charge is 2.13. The lowest BCUT2D eigenvalue weighted by molar-refractivity contribution is 0.0967. The van der Waals surface area contributed by atoms with E-state index in [1.165, 1.54) is 18.0 Å². The van der Waals surface area contributed by atoms with E-state index in [4.69, 9.17) is 4.74 Å². The molecule has 0 spiro atoms. The molecule has 3 rings (SSSR count). The van der Waals surface area contributed by atoms with Gasteiger partial charge in [-0.1, -0.05) is 24.3 Å². The van der Waals surface area contributed by atoms with Crippen LogP contribution in [0.2, 0.25) is 0 Å². The molecule has 2 aromatic carbocycles. The Morgan fingerprint density at radius 1 is 1.14 bits per heavy atom. The molecule has 3 aromatic rings. The van der Waals surface area contributed by atoms with Crippen molar-refractivity contribution in [3.63, 3.8) is 0 Å². The largest absolute Gasteiger partial charge is 0.496 e. The molecule has 110 valence electrons. The lowest BCUT2D eigenvalue weighted by Crippen LogP contribution is -2.24. The molecule has 5 heteroatoms. The minimum absolute atomic E-state index is 0.0724. The smallest absolute Gasteiger partial charge is 0.261 e. The first-order chi connectivity index (χ1) is 10.7. The van der Waals surface area contributed by atoms with Gasteiger partial charge in [0.05, 0.1) is 36.4 Å². The van der Waals surface area contributed by atoms with Gasteiger partial charge in [-0.2, -0.15) is 0 Å². The van der Waals surface area contributed by atoms with E-state index in [0.29, 0.717) is 22.2 Å². The fourth-order valence-electron chi connectivity index (χ4n) is 2.33. The van der Waals surface area contributed by atoms with Gasteiger partial charge < -0.3 is 4.74 Å². The van der Waals surface area contributed by atoms with E-state index in [-0.39, 0.29) is 17.9 Å². The minimum Gasteiger partial charge on any atom is -0.496 e. The Kier molecular flexibility index (Phi) is 3.70. The van der Waals surface area contributed by atoms with Crippen LogP contribution in [0.3, 0.4) is 0 Å². The SMILES string of the molecule is COc1ccccc1C(=O)Cn1cnc2ccccc2c1=O. The Balaban J connectivity index is 1.98. The van der Waals surface area contributed by atoms with Crippen molar-refractivity contribution < 1.29 is 9.53 Å². The molecule has 0 aliphatic carbocycles. The fraction of sp³-hybridized carbons (Fsp3) is 0.118. The molecule has 0 fully saturated rings. The summed E-state index contributed by atoms with van der Waals surface area (Å²) in [7, 11) is 1.51. The molecule has 1 aromatic heterocycles. The molecular formula is C17H14N2O3. The summed E-state index contributed by atoms with van der Waals surface area (Å²) in [5.41, 5.74) is 0.840. The average molecular weight is 294 g/mol. The predicted molar refractivity (Wildman–Crippen MR) is 83.3 cm³/mol. The average Bonchev–Trinajstić information content (AvgIpc) is 2.57. The van der Waals surface area contributed by atoms with Gasteiger partial charge in [-0.05, 0) is 24.3 Å². The van der Waals surface area contributed by atoms with Crippen LogP contribution in [0.15, 0.2) is 59.7 Å². The highest BCUT2D eigenvalue weighted by molar-refractivity contribution is 5.98. The Labute approximate surface area is 126 Å². The van der Waals surface area contributed by atoms with Gasteiger partial charge >= 0.3 is 0 Å². The van der Waals surface area contributed by atoms with E-state index in [9.17, 15) is 9.59 Å². The van der Waals surface area contributed by atoms with Crippen molar-refractivity contribution in [1.82, 2.24) is 9.55 Å². The standard InChI is InChI=1S/C17H14N2O3/c1-22-16-9-5-3-7-13(16)15(20)10-19-11-18-14-8-4-2-6-12(14)17(19)21/h2-9,11H,10H2,1H3. The molecule has 1 heterocycles. The monoisotopic (exact) mass is 294 g/mol. The van der Waals surface area contributed by atoms with Crippen LogP contribution in [0.4, 0.5) is 0 Å². The number of fused-ring (bicyclic) bond motifs is 1. The summed E-state index contributed by atoms with van der Waals surface area (Å²) in [6.07, 6.45) is 1.40. The van der Waals surface area contributed by atoms with Gasteiger partial charge in [0.2, 0.25) is 0 Å². The first-order valence-corrected chi connectivity index (χ1v) is 6.81. The Bertz CT molecular complexity index is 900. The summed E-state index contributed by atoms with van der Waals surface area (Å²) < 4.78 is 6.50. The van der Waals surface area contributed by atoms with Gasteiger partial charge in [0, 0.05) is 0 Å². The zero-order valence-corrected chi connectivity index (χ0v) is 12.0. The summed E-state index contributed by atoms with van der Waals surface area (Å²) >= 11 is 0. The Morgan fingerprint density at radius 2 is 1.86 bits per heavy atom. The van der Waals surface area contributed by atoms with Crippen molar-refractivity contribution >= 4 is 16.7 Å². The van der Waals surface area contributed by atoms with Gasteiger partial charge in [-0.25, -0.2) is 4.98 Å². The van der Waals surface area contributed by atoms with Crippen molar-refractivity contribution in [3.8, 4) is 5.75 Å². The summed E-state index contributed by atoms with van der Waals surface area (Å²) in [5, 5.41) is 0.498. The second-order valence-electron chi connectivity index (χ2n) is 4.82. The van der Waals surface area contributed by atoms with E-state index in [1.807, 2.05) is 6.07 Å². The third-order valence-corrected chi connectivity index (χ3v) is 3.45. The third-order valence-electron chi connectivity index (χ3n) is 3.45. The number of hydrogen-bond acceptors (Lipinski definition) is 4. The molecule has 0 bridgehead atoms. The number of benzene rings is 2. The number of rotatable bonds is 4. The van der Waals surface area contributed by atoms with Gasteiger partial charge in [0.15, 0.2) is 5.78 Å². The summed E-state index contributed by atoms with van der Waals surface area (Å²) in [5.74, 6) is 0.297. The molecule has 0 aliphatic rings. The quantitative estimate of drug-likeness (QED) is 0.693. The third kappa shape index (κ3) is 2.48. The van der Waals surface area contributed by atoms with Gasteiger partial charge in [-0.15, -0.1) is 0 Å². The highest BCUT2D eigenvalue weighted by Crippen LogP contribution is 2.18. The molecule has 0 radical (unpaired) electrons. The van der Waals surface area contributed by atoms with Crippen LogP contribution < -0.4 is 10.3 Å². The lowest BCUT2D eigenvalue weighted by atomic mass is 10.1. The second kappa shape index (κ2) is 5.81. The van der Waals surface area contributed by atoms with E-state index >= 15 is 0 Å². The number of Topliss-reactive ketones (excluding diaryl/α,β-unsaturated/α-hetero) is 1. The highest BCUT2D eigenvalue weighted by atomic mass is 16.5. The summed E-state index contributed by atoms with van der Waals surface area (Å²) in [6.45, 7) is -0.0724. The Morgan fingerprint density at radius 3 is 2.68 bits per heavy atom. The topological polar surface area (TPSA) is 61.2 Å². The van der Waals surface area contributed by atoms with Crippen LogP contribution in [0.1, 0.15) is 10.4 Å². The number of methoxy groups -OCH3 is 1. The van der Waals surface area contributed by atoms with Crippen LogP contribution in [0.25, 0.3) is 10.9 Å². The zero-order chi connectivity index (χ0) is 15.5. The predicted octanol–water partition coefficient (Wildman–Crippen LogP) is 2.29. The lowest BCUT2D eigenvalue weighted by Gasteiger charge is -2.09. The normalized spacial score (nSPS) is 10.6. The van der Waals surface area contributed by atoms with Gasteiger partial charge in [0.25, 0.3) is 5.56 Å². The number of carbonyl (C=O) groups excluding carboxylic acids is 1. The van der Waals surface area contributed by atoms with E-state index < -0.39 is 0 Å². The van der Waals surface area contributed by atoms with Crippen molar-refractivity contribution in [3.05, 3.63) is 70.8 Å². The summed E-state index contributed by atoms with van der Waals surface area (Å²) in [6, 6.07) is 14.0. The van der Waals surface area contributed by atoms with Crippen LogP contribution in [-0.2, 0) is 6.54 Å². The van der Waals surface area contributed by atoms with Crippen molar-refractivity contribution in [2.45, 2.75) is 6.54 Å². The molecule has 22 heavy (non-hydrogen) atoms. The maximum absolute atomic E-state index is 12.4. The maximum Gasteiger partial charge on any atom is 0.261 e. The number of carbonyl (C=O) groups is 1. The molecule has 0 saturated heterocycles. The molecule has 0 atom stereocenters.